The lowest BCUT2D eigenvalue weighted by Gasteiger charge is -2.17. The zero-order valence-electron chi connectivity index (χ0n) is 10.0. The molecule has 88 valence electrons. The fourth-order valence-corrected chi connectivity index (χ4v) is 2.10. The van der Waals surface area contributed by atoms with Crippen molar-refractivity contribution < 1.29 is 4.74 Å². The van der Waals surface area contributed by atoms with Gasteiger partial charge in [0.25, 0.3) is 0 Å². The minimum atomic E-state index is 0.812. The van der Waals surface area contributed by atoms with Crippen LogP contribution in [0.25, 0.3) is 0 Å². The van der Waals surface area contributed by atoms with E-state index >= 15 is 0 Å². The maximum Gasteiger partial charge on any atom is 0.0587 e. The van der Waals surface area contributed by atoms with Crippen molar-refractivity contribution >= 4 is 0 Å². The van der Waals surface area contributed by atoms with Gasteiger partial charge in [0, 0.05) is 13.7 Å². The number of hydrogen-bond acceptors (Lipinski definition) is 2. The van der Waals surface area contributed by atoms with E-state index in [1.165, 1.54) is 32.1 Å². The van der Waals surface area contributed by atoms with Crippen molar-refractivity contribution in [2.24, 2.45) is 5.92 Å². The zero-order chi connectivity index (χ0) is 10.8. The number of hydrogen-bond donors (Lipinski definition) is 1. The molecule has 0 amide bonds. The topological polar surface area (TPSA) is 21.3 Å². The molecular formula is C13H25NO. The van der Waals surface area contributed by atoms with Gasteiger partial charge in [-0.1, -0.05) is 31.4 Å². The molecular weight excluding hydrogens is 186 g/mol. The van der Waals surface area contributed by atoms with Crippen molar-refractivity contribution in [3.05, 3.63) is 12.2 Å². The van der Waals surface area contributed by atoms with Crippen molar-refractivity contribution in [3.63, 3.8) is 0 Å². The van der Waals surface area contributed by atoms with Gasteiger partial charge in [-0.2, -0.15) is 0 Å². The Labute approximate surface area is 94.1 Å². The molecule has 0 aromatic rings. The van der Waals surface area contributed by atoms with Crippen LogP contribution in [0.2, 0.25) is 0 Å². The number of nitrogens with one attached hydrogen (secondary N) is 1. The molecule has 2 heteroatoms. The maximum atomic E-state index is 4.96. The first-order valence-corrected chi connectivity index (χ1v) is 6.30. The predicted molar refractivity (Wildman–Crippen MR) is 65.1 cm³/mol. The highest BCUT2D eigenvalue weighted by atomic mass is 16.5. The second-order valence-corrected chi connectivity index (χ2v) is 4.36. The highest BCUT2D eigenvalue weighted by Crippen LogP contribution is 2.24. The summed E-state index contributed by atoms with van der Waals surface area (Å²) in [5.74, 6) is 0.873. The smallest absolute Gasteiger partial charge is 0.0587 e. The molecule has 1 saturated carbocycles. The molecule has 0 aliphatic heterocycles. The van der Waals surface area contributed by atoms with Crippen LogP contribution in [0.4, 0.5) is 0 Å². The number of allylic oxidation sites excluding steroid dienone is 1. The van der Waals surface area contributed by atoms with Crippen molar-refractivity contribution in [2.75, 3.05) is 26.8 Å². The molecule has 2 nitrogen and oxygen atoms in total. The molecule has 0 unspecified atom stereocenters. The molecule has 0 radical (unpaired) electrons. The van der Waals surface area contributed by atoms with Gasteiger partial charge in [-0.3, -0.25) is 0 Å². The summed E-state index contributed by atoms with van der Waals surface area (Å²) in [5.41, 5.74) is 0. The van der Waals surface area contributed by atoms with Gasteiger partial charge in [0.1, 0.15) is 0 Å². The van der Waals surface area contributed by atoms with E-state index < -0.39 is 0 Å². The van der Waals surface area contributed by atoms with Crippen LogP contribution in [0, 0.1) is 5.92 Å². The van der Waals surface area contributed by atoms with E-state index in [9.17, 15) is 0 Å². The monoisotopic (exact) mass is 211 g/mol. The third kappa shape index (κ3) is 6.69. The first-order chi connectivity index (χ1) is 7.43. The van der Waals surface area contributed by atoms with Gasteiger partial charge in [-0.05, 0) is 31.7 Å². The molecule has 0 spiro atoms. The first-order valence-electron chi connectivity index (χ1n) is 6.30. The molecule has 1 N–H and O–H groups in total. The summed E-state index contributed by atoms with van der Waals surface area (Å²) >= 11 is 0. The van der Waals surface area contributed by atoms with Gasteiger partial charge >= 0.3 is 0 Å². The Morgan fingerprint density at radius 3 is 2.73 bits per heavy atom. The SMILES string of the molecule is COCCNCCC=CC1CCCCC1. The molecule has 1 aliphatic rings. The molecule has 0 atom stereocenters. The molecule has 0 bridgehead atoms. The Morgan fingerprint density at radius 1 is 1.20 bits per heavy atom. The lowest BCUT2D eigenvalue weighted by molar-refractivity contribution is 0.199. The Kier molecular flexibility index (Phi) is 7.58. The third-order valence-corrected chi connectivity index (χ3v) is 3.03. The van der Waals surface area contributed by atoms with Gasteiger partial charge in [-0.15, -0.1) is 0 Å². The van der Waals surface area contributed by atoms with E-state index in [0.717, 1.165) is 32.0 Å². The summed E-state index contributed by atoms with van der Waals surface area (Å²) in [4.78, 5) is 0. The summed E-state index contributed by atoms with van der Waals surface area (Å²) < 4.78 is 4.96. The highest BCUT2D eigenvalue weighted by Gasteiger charge is 2.08. The van der Waals surface area contributed by atoms with Crippen LogP contribution >= 0.6 is 0 Å². The summed E-state index contributed by atoms with van der Waals surface area (Å²) in [7, 11) is 1.74. The number of rotatable bonds is 7. The quantitative estimate of drug-likeness (QED) is 0.516. The van der Waals surface area contributed by atoms with E-state index in [-0.39, 0.29) is 0 Å². The largest absolute Gasteiger partial charge is 0.383 e. The fourth-order valence-electron chi connectivity index (χ4n) is 2.10. The molecule has 0 saturated heterocycles. The Morgan fingerprint density at radius 2 is 2.00 bits per heavy atom. The van der Waals surface area contributed by atoms with Crippen LogP contribution in [-0.2, 0) is 4.74 Å². The normalized spacial score (nSPS) is 18.7. The molecule has 0 aromatic carbocycles. The van der Waals surface area contributed by atoms with Gasteiger partial charge in [0.15, 0.2) is 0 Å². The summed E-state index contributed by atoms with van der Waals surface area (Å²) in [6, 6.07) is 0. The lowest BCUT2D eigenvalue weighted by atomic mass is 9.89. The van der Waals surface area contributed by atoms with E-state index in [1.54, 1.807) is 7.11 Å². The van der Waals surface area contributed by atoms with Crippen LogP contribution in [0.5, 0.6) is 0 Å². The summed E-state index contributed by atoms with van der Waals surface area (Å²) in [6.07, 6.45) is 13.1. The average Bonchev–Trinajstić information content (AvgIpc) is 2.29. The zero-order valence-corrected chi connectivity index (χ0v) is 10.0. The molecule has 15 heavy (non-hydrogen) atoms. The number of ether oxygens (including phenoxy) is 1. The van der Waals surface area contributed by atoms with Crippen molar-refractivity contribution in [1.82, 2.24) is 5.32 Å². The predicted octanol–water partition coefficient (Wildman–Crippen LogP) is 2.75. The van der Waals surface area contributed by atoms with E-state index in [0.29, 0.717) is 0 Å². The standard InChI is InChI=1S/C13H25NO/c1-15-12-11-14-10-6-5-9-13-7-3-2-4-8-13/h5,9,13-14H,2-4,6-8,10-12H2,1H3. The van der Waals surface area contributed by atoms with Crippen molar-refractivity contribution in [2.45, 2.75) is 38.5 Å². The Bertz CT molecular complexity index is 162. The Balaban J connectivity index is 1.91. The molecule has 1 fully saturated rings. The van der Waals surface area contributed by atoms with Crippen LogP contribution < -0.4 is 5.32 Å². The molecule has 0 heterocycles. The molecule has 1 rings (SSSR count). The van der Waals surface area contributed by atoms with E-state index in [4.69, 9.17) is 4.74 Å². The van der Waals surface area contributed by atoms with Crippen molar-refractivity contribution in [1.29, 1.82) is 0 Å². The summed E-state index contributed by atoms with van der Waals surface area (Å²) in [5, 5.41) is 3.35. The van der Waals surface area contributed by atoms with Crippen LogP contribution in [0.15, 0.2) is 12.2 Å². The van der Waals surface area contributed by atoms with Crippen LogP contribution in [0.1, 0.15) is 38.5 Å². The van der Waals surface area contributed by atoms with Crippen LogP contribution in [0.3, 0.4) is 0 Å². The lowest BCUT2D eigenvalue weighted by Crippen LogP contribution is -2.19. The van der Waals surface area contributed by atoms with Gasteiger partial charge < -0.3 is 10.1 Å². The van der Waals surface area contributed by atoms with E-state index in [1.807, 2.05) is 0 Å². The van der Waals surface area contributed by atoms with Gasteiger partial charge in [-0.25, -0.2) is 0 Å². The second kappa shape index (κ2) is 8.93. The van der Waals surface area contributed by atoms with Crippen molar-refractivity contribution in [3.8, 4) is 0 Å². The average molecular weight is 211 g/mol. The Hall–Kier alpha value is -0.340. The first kappa shape index (κ1) is 12.7. The fraction of sp³-hybridized carbons (Fsp3) is 0.846. The summed E-state index contributed by atoms with van der Waals surface area (Å²) in [6.45, 7) is 2.85. The minimum absolute atomic E-state index is 0.812. The van der Waals surface area contributed by atoms with Gasteiger partial charge in [0.05, 0.1) is 6.61 Å². The van der Waals surface area contributed by atoms with Gasteiger partial charge in [0.2, 0.25) is 0 Å². The third-order valence-electron chi connectivity index (χ3n) is 3.03. The second-order valence-electron chi connectivity index (χ2n) is 4.36. The minimum Gasteiger partial charge on any atom is -0.383 e. The molecule has 1 aliphatic carbocycles. The van der Waals surface area contributed by atoms with Crippen LogP contribution in [-0.4, -0.2) is 26.8 Å². The van der Waals surface area contributed by atoms with E-state index in [2.05, 4.69) is 17.5 Å². The molecule has 0 aromatic heterocycles. The number of methoxy groups -OCH3 is 1. The highest BCUT2D eigenvalue weighted by molar-refractivity contribution is 4.90. The maximum absolute atomic E-state index is 4.96.